The number of pyridine rings is 1. The molecule has 2 atom stereocenters. The largest absolute Gasteiger partial charge is 0.465 e. The summed E-state index contributed by atoms with van der Waals surface area (Å²) in [7, 11) is 1.84. The number of hydrogen-bond acceptors (Lipinski definition) is 9. The summed E-state index contributed by atoms with van der Waals surface area (Å²) < 4.78 is 92.2. The Hall–Kier alpha value is -3.23. The molecule has 0 amide bonds. The van der Waals surface area contributed by atoms with E-state index < -0.39 is 51.1 Å². The van der Waals surface area contributed by atoms with Crippen molar-refractivity contribution in [2.45, 2.75) is 67.6 Å². The number of halogens is 6. The molecular formula is C30H30ClF5N6O3. The highest BCUT2D eigenvalue weighted by Gasteiger charge is 2.58. The predicted octanol–water partition coefficient (Wildman–Crippen LogP) is 5.56. The SMILES string of the molecule is CN1c2nc(OC[C@@]34CCCN3C[C@H](F)C4)nc3c(F)c(-c4cc(N)cc(Cl)c4C(F)(F)F)nc(c23)OC2(COC2)CC12CC2. The van der Waals surface area contributed by atoms with Gasteiger partial charge in [-0.05, 0) is 44.4 Å². The number of fused-ring (bicyclic) bond motifs is 1. The molecule has 0 radical (unpaired) electrons. The highest BCUT2D eigenvalue weighted by atomic mass is 35.5. The van der Waals surface area contributed by atoms with Crippen molar-refractivity contribution >= 4 is 34.0 Å². The molecule has 2 spiro atoms. The molecule has 4 fully saturated rings. The summed E-state index contributed by atoms with van der Waals surface area (Å²) in [6, 6.07) is 1.77. The fraction of sp³-hybridized carbons (Fsp3) is 0.567. The van der Waals surface area contributed by atoms with Crippen LogP contribution < -0.4 is 20.1 Å². The van der Waals surface area contributed by atoms with E-state index in [1.165, 1.54) is 0 Å². The Balaban J connectivity index is 1.34. The molecule has 0 unspecified atom stereocenters. The molecular weight excluding hydrogens is 623 g/mol. The Kier molecular flexibility index (Phi) is 6.26. The van der Waals surface area contributed by atoms with E-state index in [1.54, 1.807) is 0 Å². The van der Waals surface area contributed by atoms with Gasteiger partial charge in [-0.15, -0.1) is 0 Å². The van der Waals surface area contributed by atoms with Crippen LogP contribution in [-0.2, 0) is 10.9 Å². The van der Waals surface area contributed by atoms with Crippen molar-refractivity contribution in [3.05, 3.63) is 28.5 Å². The van der Waals surface area contributed by atoms with Crippen LogP contribution in [0, 0.1) is 5.82 Å². The number of nitrogens with two attached hydrogens (primary N) is 1. The number of aromatic nitrogens is 3. The van der Waals surface area contributed by atoms with Crippen molar-refractivity contribution in [2.75, 3.05) is 50.6 Å². The van der Waals surface area contributed by atoms with Gasteiger partial charge in [0.2, 0.25) is 5.88 Å². The van der Waals surface area contributed by atoms with Gasteiger partial charge in [0.15, 0.2) is 11.4 Å². The van der Waals surface area contributed by atoms with Gasteiger partial charge in [-0.2, -0.15) is 23.1 Å². The average molecular weight is 653 g/mol. The summed E-state index contributed by atoms with van der Waals surface area (Å²) in [6.45, 7) is 1.63. The van der Waals surface area contributed by atoms with Crippen LogP contribution in [0.4, 0.5) is 33.5 Å². The molecule has 1 aromatic carbocycles. The first-order valence-electron chi connectivity index (χ1n) is 14.9. The lowest BCUT2D eigenvalue weighted by molar-refractivity contribution is -0.169. The number of anilines is 2. The summed E-state index contributed by atoms with van der Waals surface area (Å²) in [4.78, 5) is 17.5. The average Bonchev–Trinajstić information content (AvgIpc) is 3.52. The molecule has 45 heavy (non-hydrogen) atoms. The molecule has 3 aromatic rings. The second-order valence-corrected chi connectivity index (χ2v) is 13.6. The number of nitrogens with zero attached hydrogens (tertiary/aromatic N) is 5. The quantitative estimate of drug-likeness (QED) is 0.287. The number of benzene rings is 1. The fourth-order valence-electron chi connectivity index (χ4n) is 7.74. The zero-order chi connectivity index (χ0) is 31.5. The van der Waals surface area contributed by atoms with Gasteiger partial charge in [0.25, 0.3) is 0 Å². The van der Waals surface area contributed by atoms with E-state index in [0.717, 1.165) is 44.4 Å². The Labute approximate surface area is 259 Å². The lowest BCUT2D eigenvalue weighted by Gasteiger charge is -2.47. The van der Waals surface area contributed by atoms with Crippen LogP contribution >= 0.6 is 11.6 Å². The molecule has 8 rings (SSSR count). The summed E-state index contributed by atoms with van der Waals surface area (Å²) in [5.41, 5.74) is 1.15. The fourth-order valence-corrected chi connectivity index (χ4v) is 8.08. The smallest absolute Gasteiger partial charge is 0.418 e. The summed E-state index contributed by atoms with van der Waals surface area (Å²) in [5.74, 6) is -0.981. The molecule has 9 nitrogen and oxygen atoms in total. The van der Waals surface area contributed by atoms with Crippen molar-refractivity contribution in [2.24, 2.45) is 0 Å². The normalized spacial score (nSPS) is 26.5. The van der Waals surface area contributed by atoms with Gasteiger partial charge >= 0.3 is 12.2 Å². The molecule has 1 saturated carbocycles. The van der Waals surface area contributed by atoms with Gasteiger partial charge in [-0.3, -0.25) is 4.90 Å². The van der Waals surface area contributed by atoms with Gasteiger partial charge in [0.05, 0.1) is 29.3 Å². The standard InChI is InChI=1S/C30H30ClF5N6O3/c1-41-24-19-23(39-26(40-24)44-12-28-3-2-6-42(28)10-15(32)9-28)21(33)22(17-7-16(37)8-18(31)20(17)30(34,35)36)38-25(19)45-29(13-43-14-29)11-27(41)4-5-27/h7-8,15H,2-6,9-14,37H2,1H3/t15-,28+/m1/s1. The van der Waals surface area contributed by atoms with E-state index in [4.69, 9.17) is 36.5 Å². The van der Waals surface area contributed by atoms with Crippen LogP contribution in [-0.4, -0.2) is 82.7 Å². The third-order valence-electron chi connectivity index (χ3n) is 10.1. The molecule has 0 bridgehead atoms. The van der Waals surface area contributed by atoms with E-state index in [2.05, 4.69) is 14.9 Å². The second kappa shape index (κ2) is 9.64. The van der Waals surface area contributed by atoms with Crippen LogP contribution in [0.1, 0.15) is 44.1 Å². The van der Waals surface area contributed by atoms with E-state index >= 15 is 4.39 Å². The predicted molar refractivity (Wildman–Crippen MR) is 155 cm³/mol. The summed E-state index contributed by atoms with van der Waals surface area (Å²) >= 11 is 6.03. The first-order chi connectivity index (χ1) is 21.3. The van der Waals surface area contributed by atoms with E-state index in [0.29, 0.717) is 19.4 Å². The van der Waals surface area contributed by atoms with Crippen molar-refractivity contribution in [3.8, 4) is 23.1 Å². The number of nitrogen functional groups attached to an aromatic ring is 1. The maximum absolute atomic E-state index is 16.7. The molecule has 2 N–H and O–H groups in total. The highest BCUT2D eigenvalue weighted by Crippen LogP contribution is 2.55. The minimum Gasteiger partial charge on any atom is -0.465 e. The van der Waals surface area contributed by atoms with Gasteiger partial charge in [-0.25, -0.2) is 13.8 Å². The van der Waals surface area contributed by atoms with Crippen LogP contribution in [0.5, 0.6) is 11.9 Å². The number of alkyl halides is 4. The Morgan fingerprint density at radius 3 is 2.62 bits per heavy atom. The van der Waals surface area contributed by atoms with Crippen LogP contribution in [0.15, 0.2) is 12.1 Å². The van der Waals surface area contributed by atoms with Gasteiger partial charge in [0, 0.05) is 43.2 Å². The van der Waals surface area contributed by atoms with Crippen LogP contribution in [0.2, 0.25) is 5.02 Å². The van der Waals surface area contributed by atoms with Crippen molar-refractivity contribution in [3.63, 3.8) is 0 Å². The summed E-state index contributed by atoms with van der Waals surface area (Å²) in [5, 5.41) is -0.589. The van der Waals surface area contributed by atoms with E-state index in [9.17, 15) is 17.6 Å². The van der Waals surface area contributed by atoms with E-state index in [1.807, 2.05) is 11.9 Å². The minimum atomic E-state index is -4.95. The first kappa shape index (κ1) is 29.2. The second-order valence-electron chi connectivity index (χ2n) is 13.2. The molecule has 240 valence electrons. The van der Waals surface area contributed by atoms with Gasteiger partial charge < -0.3 is 24.8 Å². The zero-order valence-electron chi connectivity index (χ0n) is 24.3. The van der Waals surface area contributed by atoms with Crippen molar-refractivity contribution in [1.82, 2.24) is 19.9 Å². The van der Waals surface area contributed by atoms with Crippen molar-refractivity contribution in [1.29, 1.82) is 0 Å². The van der Waals surface area contributed by atoms with Gasteiger partial charge in [-0.1, -0.05) is 11.6 Å². The zero-order valence-corrected chi connectivity index (χ0v) is 25.1. The van der Waals surface area contributed by atoms with Crippen LogP contribution in [0.25, 0.3) is 22.2 Å². The molecule has 6 heterocycles. The highest BCUT2D eigenvalue weighted by molar-refractivity contribution is 6.32. The molecule has 15 heteroatoms. The van der Waals surface area contributed by atoms with Gasteiger partial charge in [0.1, 0.15) is 35.2 Å². The number of ether oxygens (including phenoxy) is 3. The minimum absolute atomic E-state index is 0.0830. The number of hydrogen-bond donors (Lipinski definition) is 1. The monoisotopic (exact) mass is 652 g/mol. The molecule has 4 aliphatic heterocycles. The maximum atomic E-state index is 16.7. The molecule has 2 aromatic heterocycles. The van der Waals surface area contributed by atoms with Crippen molar-refractivity contribution < 1.29 is 36.2 Å². The Bertz CT molecular complexity index is 1730. The molecule has 1 aliphatic carbocycles. The number of rotatable bonds is 4. The Morgan fingerprint density at radius 1 is 1.16 bits per heavy atom. The Morgan fingerprint density at radius 2 is 1.93 bits per heavy atom. The molecule has 3 saturated heterocycles. The summed E-state index contributed by atoms with van der Waals surface area (Å²) in [6.07, 6.45) is -1.81. The lowest BCUT2D eigenvalue weighted by Crippen LogP contribution is -2.59. The third-order valence-corrected chi connectivity index (χ3v) is 10.4. The molecule has 5 aliphatic rings. The first-order valence-corrected chi connectivity index (χ1v) is 15.3. The lowest BCUT2D eigenvalue weighted by atomic mass is 9.89. The topological polar surface area (TPSA) is 98.9 Å². The van der Waals surface area contributed by atoms with E-state index in [-0.39, 0.29) is 59.7 Å². The third kappa shape index (κ3) is 4.49. The van der Waals surface area contributed by atoms with Crippen LogP contribution in [0.3, 0.4) is 0 Å². The maximum Gasteiger partial charge on any atom is 0.418 e.